The van der Waals surface area contributed by atoms with Crippen LogP contribution in [-0.4, -0.2) is 138 Å². The van der Waals surface area contributed by atoms with E-state index in [4.69, 9.17) is 23.3 Å². The van der Waals surface area contributed by atoms with Crippen molar-refractivity contribution >= 4 is 19.8 Å². The van der Waals surface area contributed by atoms with E-state index in [9.17, 15) is 59.9 Å². The summed E-state index contributed by atoms with van der Waals surface area (Å²) in [5.41, 5.74) is 0. The number of allylic oxidation sites excluding steroid dienone is 4. The van der Waals surface area contributed by atoms with Gasteiger partial charge in [0.05, 0.1) is 24.9 Å². The van der Waals surface area contributed by atoms with Crippen molar-refractivity contribution in [3.05, 3.63) is 36.5 Å². The molecular weight excluding hydrogens is 867 g/mol. The van der Waals surface area contributed by atoms with Gasteiger partial charge in [0.2, 0.25) is 0 Å². The highest BCUT2D eigenvalue weighted by Gasteiger charge is 2.48. The Morgan fingerprint density at radius 2 is 1.42 bits per heavy atom. The minimum Gasteiger partial charge on any atom is -0.462 e. The zero-order valence-electron chi connectivity index (χ0n) is 38.8. The molecule has 0 aromatic rings. The number of esters is 2. The fourth-order valence-corrected chi connectivity index (χ4v) is 8.71. The Hall–Kier alpha value is -2.09. The lowest BCUT2D eigenvalue weighted by molar-refractivity contribution is -0.213. The fraction of sp³-hybridized carbons (Fsp3) is 0.830. The predicted molar refractivity (Wildman–Crippen MR) is 243 cm³/mol. The average Bonchev–Trinajstić information content (AvgIpc) is 3.27. The summed E-state index contributed by atoms with van der Waals surface area (Å²) < 4.78 is 40.3. The van der Waals surface area contributed by atoms with Crippen LogP contribution in [0.25, 0.3) is 0 Å². The molecule has 13 atom stereocenters. The minimum absolute atomic E-state index is 0.0174. The van der Waals surface area contributed by atoms with E-state index in [-0.39, 0.29) is 19.3 Å². The first kappa shape index (κ1) is 59.0. The molecule has 0 aromatic carbocycles. The predicted octanol–water partition coefficient (Wildman–Crippen LogP) is 5.50. The molecule has 2 aliphatic rings. The van der Waals surface area contributed by atoms with Gasteiger partial charge in [-0.05, 0) is 57.8 Å². The van der Waals surface area contributed by atoms with Crippen LogP contribution in [0, 0.1) is 5.92 Å². The molecule has 0 aromatic heterocycles. The number of fused-ring (bicyclic) bond motifs is 4. The summed E-state index contributed by atoms with van der Waals surface area (Å²) in [4.78, 5) is 36.5. The maximum atomic E-state index is 13.5. The average molecular weight is 951 g/mol. The smallest absolute Gasteiger partial charge is 0.462 e. The van der Waals surface area contributed by atoms with E-state index in [1.807, 2.05) is 6.92 Å². The molecule has 0 amide bonds. The van der Waals surface area contributed by atoms with E-state index in [0.29, 0.717) is 32.1 Å². The number of unbranched alkanes of at least 4 members (excludes halogenated alkanes) is 13. The summed E-state index contributed by atoms with van der Waals surface area (Å²) in [6, 6.07) is 0. The molecular formula is C47H83O17P. The third kappa shape index (κ3) is 25.2. The van der Waals surface area contributed by atoms with Crippen LogP contribution in [0.5, 0.6) is 0 Å². The van der Waals surface area contributed by atoms with Crippen LogP contribution in [-0.2, 0) is 37.4 Å². The van der Waals surface area contributed by atoms with Crippen LogP contribution in [0.3, 0.4) is 0 Å². The Bertz CT molecular complexity index is 1410. The van der Waals surface area contributed by atoms with Crippen molar-refractivity contribution in [3.63, 3.8) is 0 Å². The molecule has 1 fully saturated rings. The molecule has 18 heteroatoms. The molecule has 17 nitrogen and oxygen atoms in total. The normalized spacial score (nSPS) is 32.4. The lowest BCUT2D eigenvalue weighted by Gasteiger charge is -2.39. The highest BCUT2D eigenvalue weighted by atomic mass is 31.2. The zero-order chi connectivity index (χ0) is 48.0. The number of phosphoric ester groups is 1. The van der Waals surface area contributed by atoms with Crippen molar-refractivity contribution in [2.75, 3.05) is 13.2 Å². The van der Waals surface area contributed by atoms with E-state index < -0.39 is 113 Å². The van der Waals surface area contributed by atoms with Gasteiger partial charge in [-0.3, -0.25) is 18.6 Å². The van der Waals surface area contributed by atoms with Crippen molar-refractivity contribution in [2.45, 2.75) is 229 Å². The van der Waals surface area contributed by atoms with E-state index in [2.05, 4.69) is 19.1 Å². The van der Waals surface area contributed by atoms with Crippen LogP contribution < -0.4 is 0 Å². The van der Waals surface area contributed by atoms with Crippen LogP contribution in [0.2, 0.25) is 0 Å². The highest BCUT2D eigenvalue weighted by molar-refractivity contribution is 7.47. The van der Waals surface area contributed by atoms with Crippen molar-refractivity contribution in [2.24, 2.45) is 5.92 Å². The maximum absolute atomic E-state index is 13.5. The van der Waals surface area contributed by atoms with Gasteiger partial charge in [-0.25, -0.2) is 4.57 Å². The van der Waals surface area contributed by atoms with Crippen molar-refractivity contribution in [1.82, 2.24) is 0 Å². The molecule has 2 heterocycles. The number of carbonyl (C=O) groups is 2. The van der Waals surface area contributed by atoms with Crippen LogP contribution in [0.1, 0.15) is 162 Å². The molecule has 65 heavy (non-hydrogen) atoms. The summed E-state index contributed by atoms with van der Waals surface area (Å²) in [7, 11) is -5.47. The molecule has 2 rings (SSSR count). The van der Waals surface area contributed by atoms with E-state index >= 15 is 0 Å². The molecule has 0 aliphatic carbocycles. The SMILES string of the molecule is CCCCCC/C=C\CCCCCCCCCC(=O)O[C@@H]1COC(=O)CCCC=CC[C@@H]2[C@@H](O)[C@H](O)[C@@H](O)[C@H](OP(=O)(O)OC1)[C@H](O)[C@H](O)[C@@H](C=C[C@@H](O)CCCCC)OC(O)C[C@@H]2O. The van der Waals surface area contributed by atoms with Gasteiger partial charge < -0.3 is 60.0 Å². The van der Waals surface area contributed by atoms with Gasteiger partial charge in [-0.15, -0.1) is 0 Å². The first-order valence-electron chi connectivity index (χ1n) is 24.2. The van der Waals surface area contributed by atoms with Crippen molar-refractivity contribution < 1.29 is 83.2 Å². The van der Waals surface area contributed by atoms with Gasteiger partial charge in [0.15, 0.2) is 12.4 Å². The number of hydrogen-bond acceptors (Lipinski definition) is 16. The number of ether oxygens (including phenoxy) is 3. The van der Waals surface area contributed by atoms with Crippen LogP contribution >= 0.6 is 7.82 Å². The molecule has 2 aliphatic heterocycles. The second kappa shape index (κ2) is 34.2. The summed E-state index contributed by atoms with van der Waals surface area (Å²) in [5, 5.41) is 89.4. The molecule has 0 radical (unpaired) electrons. The second-order valence-electron chi connectivity index (χ2n) is 17.5. The minimum atomic E-state index is -5.47. The summed E-state index contributed by atoms with van der Waals surface area (Å²) in [5.74, 6) is -2.64. The molecule has 2 bridgehead atoms. The topological polar surface area (TPSA) is 279 Å². The zero-order valence-corrected chi connectivity index (χ0v) is 39.7. The summed E-state index contributed by atoms with van der Waals surface area (Å²) in [6.45, 7) is 2.77. The monoisotopic (exact) mass is 951 g/mol. The van der Waals surface area contributed by atoms with Crippen molar-refractivity contribution in [1.29, 1.82) is 0 Å². The molecule has 1 saturated heterocycles. The molecule has 9 N–H and O–H groups in total. The number of aliphatic hydroxyl groups excluding tert-OH is 8. The van der Waals surface area contributed by atoms with E-state index in [1.54, 1.807) is 12.2 Å². The highest BCUT2D eigenvalue weighted by Crippen LogP contribution is 2.47. The standard InChI is InChI=1S/C47H83O17P/c1-3-5-7-8-9-10-11-12-13-14-15-16-17-18-24-28-40(51)62-35-32-60-39(50)27-23-20-19-22-26-36-37(49)31-41(52)63-38(30-29-34(48)25-21-6-4-2)43(54)45(56)47(46(57)44(55)42(36)53)64-65(58,59)61-33-35/h10-11,19,22,29-30,34-38,41-49,52-57H,3-9,12-18,20-21,23-28,31-33H2,1-2H3,(H,58,59)/b11-10-,22-19?,30-29?/t34-,35+,36-,37-,38+,41?,42+,43+,44-,45+,46+,47+/m0/s1. The van der Waals surface area contributed by atoms with E-state index in [1.165, 1.54) is 31.8 Å². The lowest BCUT2D eigenvalue weighted by atomic mass is 9.83. The van der Waals surface area contributed by atoms with Gasteiger partial charge in [0, 0.05) is 25.2 Å². The Kier molecular flexibility index (Phi) is 31.1. The molecule has 0 spiro atoms. The largest absolute Gasteiger partial charge is 0.472 e. The van der Waals surface area contributed by atoms with Gasteiger partial charge in [0.25, 0.3) is 0 Å². The Morgan fingerprint density at radius 3 is 2.09 bits per heavy atom. The van der Waals surface area contributed by atoms with Gasteiger partial charge in [-0.1, -0.05) is 121 Å². The molecule has 0 saturated carbocycles. The Balaban J connectivity index is 2.21. The number of hydrogen-bond donors (Lipinski definition) is 9. The van der Waals surface area contributed by atoms with Gasteiger partial charge >= 0.3 is 19.8 Å². The lowest BCUT2D eigenvalue weighted by Crippen LogP contribution is -2.58. The summed E-state index contributed by atoms with van der Waals surface area (Å²) in [6.07, 6.45) is 5.27. The summed E-state index contributed by atoms with van der Waals surface area (Å²) >= 11 is 0. The second-order valence-corrected chi connectivity index (χ2v) is 18.9. The number of aliphatic hydroxyl groups is 8. The first-order chi connectivity index (χ1) is 31.1. The third-order valence-electron chi connectivity index (χ3n) is 11.8. The fourth-order valence-electron chi connectivity index (χ4n) is 7.74. The van der Waals surface area contributed by atoms with Crippen LogP contribution in [0.4, 0.5) is 0 Å². The third-order valence-corrected chi connectivity index (χ3v) is 12.7. The van der Waals surface area contributed by atoms with Crippen LogP contribution in [0.15, 0.2) is 36.5 Å². The Morgan fingerprint density at radius 1 is 0.800 bits per heavy atom. The number of cyclic esters (lactones) is 1. The molecule has 2 unspecified atom stereocenters. The first-order valence-corrected chi connectivity index (χ1v) is 25.7. The quantitative estimate of drug-likeness (QED) is 0.0280. The van der Waals surface area contributed by atoms with E-state index in [0.717, 1.165) is 70.3 Å². The van der Waals surface area contributed by atoms with Gasteiger partial charge in [-0.2, -0.15) is 0 Å². The maximum Gasteiger partial charge on any atom is 0.472 e. The van der Waals surface area contributed by atoms with Crippen molar-refractivity contribution in [3.8, 4) is 0 Å². The number of carbonyl (C=O) groups excluding carboxylic acids is 2. The number of phosphoric acid groups is 1. The molecule has 378 valence electrons. The Labute approximate surface area is 386 Å². The van der Waals surface area contributed by atoms with Gasteiger partial charge in [0.1, 0.15) is 43.2 Å². The number of rotatable bonds is 22.